The summed E-state index contributed by atoms with van der Waals surface area (Å²) in [6.45, 7) is 4.34. The molecular weight excluding hydrogens is 306 g/mol. The van der Waals surface area contributed by atoms with E-state index in [1.165, 1.54) is 0 Å². The fraction of sp³-hybridized carbons (Fsp3) is 0.625. The van der Waals surface area contributed by atoms with Gasteiger partial charge in [0.1, 0.15) is 0 Å². The lowest BCUT2D eigenvalue weighted by molar-refractivity contribution is 0.246. The molecule has 2 rings (SSSR count). The molecular formula is C16H24ClNO2S. The first-order valence-corrected chi connectivity index (χ1v) is 9.46. The smallest absolute Gasteiger partial charge is 0.184 e. The monoisotopic (exact) mass is 329 g/mol. The molecule has 0 aliphatic heterocycles. The third-order valence-electron chi connectivity index (χ3n) is 4.69. The van der Waals surface area contributed by atoms with Crippen LogP contribution in [0.1, 0.15) is 33.1 Å². The molecule has 1 N–H and O–H groups in total. The molecule has 3 nitrogen and oxygen atoms in total. The maximum absolute atomic E-state index is 13.0. The van der Waals surface area contributed by atoms with Gasteiger partial charge in [-0.05, 0) is 50.3 Å². The Morgan fingerprint density at radius 3 is 2.48 bits per heavy atom. The minimum absolute atomic E-state index is 0.00118. The first-order valence-electron chi connectivity index (χ1n) is 7.53. The van der Waals surface area contributed by atoms with Gasteiger partial charge >= 0.3 is 0 Å². The van der Waals surface area contributed by atoms with Gasteiger partial charge in [-0.3, -0.25) is 0 Å². The van der Waals surface area contributed by atoms with Crippen LogP contribution in [0.25, 0.3) is 0 Å². The molecule has 0 heterocycles. The van der Waals surface area contributed by atoms with Crippen molar-refractivity contribution in [3.8, 4) is 0 Å². The topological polar surface area (TPSA) is 46.2 Å². The Morgan fingerprint density at radius 1 is 1.24 bits per heavy atom. The summed E-state index contributed by atoms with van der Waals surface area (Å²) >= 11 is 6.12. The second kappa shape index (κ2) is 6.67. The minimum atomic E-state index is -3.41. The maximum Gasteiger partial charge on any atom is 0.184 e. The van der Waals surface area contributed by atoms with Gasteiger partial charge in [0.15, 0.2) is 9.84 Å². The van der Waals surface area contributed by atoms with Crippen LogP contribution >= 0.6 is 11.6 Å². The lowest BCUT2D eigenvalue weighted by atomic mass is 9.79. The Labute approximate surface area is 133 Å². The third kappa shape index (κ3) is 3.43. The van der Waals surface area contributed by atoms with Crippen molar-refractivity contribution in [1.82, 2.24) is 5.32 Å². The summed E-state index contributed by atoms with van der Waals surface area (Å²) in [5.41, 5.74) is 0. The molecule has 1 fully saturated rings. The molecule has 1 saturated carbocycles. The van der Waals surface area contributed by atoms with Gasteiger partial charge in [0, 0.05) is 6.04 Å². The fourth-order valence-electron chi connectivity index (χ4n) is 3.28. The van der Waals surface area contributed by atoms with Crippen LogP contribution in [0.2, 0.25) is 5.02 Å². The van der Waals surface area contributed by atoms with Crippen LogP contribution in [0.15, 0.2) is 29.2 Å². The number of nitrogens with one attached hydrogen (secondary N) is 1. The second-order valence-corrected chi connectivity index (χ2v) is 8.77. The molecule has 0 aromatic heterocycles. The third-order valence-corrected chi connectivity index (χ3v) is 7.42. The van der Waals surface area contributed by atoms with E-state index < -0.39 is 15.1 Å². The van der Waals surface area contributed by atoms with E-state index in [1.807, 2.05) is 7.05 Å². The first-order chi connectivity index (χ1) is 9.87. The summed E-state index contributed by atoms with van der Waals surface area (Å²) in [6, 6.07) is 6.75. The Hall–Kier alpha value is -0.580. The van der Waals surface area contributed by atoms with Crippen LogP contribution in [0.4, 0.5) is 0 Å². The Morgan fingerprint density at radius 2 is 1.90 bits per heavy atom. The van der Waals surface area contributed by atoms with E-state index in [0.29, 0.717) is 23.3 Å². The van der Waals surface area contributed by atoms with Crippen LogP contribution in [-0.2, 0) is 9.84 Å². The molecule has 0 spiro atoms. The van der Waals surface area contributed by atoms with E-state index in [1.54, 1.807) is 24.3 Å². The van der Waals surface area contributed by atoms with E-state index in [-0.39, 0.29) is 10.9 Å². The molecule has 0 saturated heterocycles. The van der Waals surface area contributed by atoms with Crippen molar-refractivity contribution in [2.24, 2.45) is 11.8 Å². The average Bonchev–Trinajstić information content (AvgIpc) is 2.46. The normalized spacial score (nSPS) is 27.0. The molecule has 0 bridgehead atoms. The van der Waals surface area contributed by atoms with Crippen LogP contribution in [0.5, 0.6) is 0 Å². The molecule has 3 unspecified atom stereocenters. The second-order valence-electron chi connectivity index (χ2n) is 6.23. The highest BCUT2D eigenvalue weighted by Gasteiger charge is 2.40. The molecule has 0 radical (unpaired) electrons. The van der Waals surface area contributed by atoms with Crippen LogP contribution in [-0.4, -0.2) is 26.8 Å². The van der Waals surface area contributed by atoms with E-state index in [4.69, 9.17) is 11.6 Å². The molecule has 21 heavy (non-hydrogen) atoms. The Balaban J connectivity index is 2.38. The minimum Gasteiger partial charge on any atom is -0.316 e. The van der Waals surface area contributed by atoms with Crippen molar-refractivity contribution in [1.29, 1.82) is 0 Å². The number of benzene rings is 1. The zero-order chi connectivity index (χ0) is 15.6. The zero-order valence-electron chi connectivity index (χ0n) is 12.8. The summed E-state index contributed by atoms with van der Waals surface area (Å²) in [5, 5.41) is 3.11. The SMILES string of the molecule is CNC1CCC(C(C)C)CC1S(=O)(=O)c1ccccc1Cl. The van der Waals surface area contributed by atoms with Crippen LogP contribution in [0.3, 0.4) is 0 Å². The standard InChI is InChI=1S/C16H24ClNO2S/c1-11(2)12-8-9-14(18-3)16(10-12)21(19,20)15-7-5-4-6-13(15)17/h4-7,11-12,14,16,18H,8-10H2,1-3H3. The van der Waals surface area contributed by atoms with Crippen molar-refractivity contribution < 1.29 is 8.42 Å². The van der Waals surface area contributed by atoms with Gasteiger partial charge in [0.2, 0.25) is 0 Å². The lowest BCUT2D eigenvalue weighted by Crippen LogP contribution is -2.47. The molecule has 3 atom stereocenters. The highest BCUT2D eigenvalue weighted by molar-refractivity contribution is 7.92. The summed E-state index contributed by atoms with van der Waals surface area (Å²) in [4.78, 5) is 0.265. The van der Waals surface area contributed by atoms with Gasteiger partial charge in [-0.15, -0.1) is 0 Å². The molecule has 5 heteroatoms. The number of halogens is 1. The lowest BCUT2D eigenvalue weighted by Gasteiger charge is -2.37. The molecule has 1 aliphatic carbocycles. The summed E-state index contributed by atoms with van der Waals surface area (Å²) in [5.74, 6) is 0.962. The van der Waals surface area contributed by atoms with Crippen LogP contribution < -0.4 is 5.32 Å². The highest BCUT2D eigenvalue weighted by atomic mass is 35.5. The predicted octanol–water partition coefficient (Wildman–Crippen LogP) is 3.53. The highest BCUT2D eigenvalue weighted by Crippen LogP contribution is 2.37. The number of sulfone groups is 1. The van der Waals surface area contributed by atoms with Crippen molar-refractivity contribution in [2.45, 2.75) is 49.3 Å². The van der Waals surface area contributed by atoms with E-state index in [0.717, 1.165) is 12.8 Å². The molecule has 0 amide bonds. The number of hydrogen-bond donors (Lipinski definition) is 1. The first kappa shape index (κ1) is 16.8. The van der Waals surface area contributed by atoms with Crippen LogP contribution in [0, 0.1) is 11.8 Å². The van der Waals surface area contributed by atoms with Gasteiger partial charge in [0.05, 0.1) is 15.2 Å². The average molecular weight is 330 g/mol. The van der Waals surface area contributed by atoms with E-state index in [9.17, 15) is 8.42 Å². The van der Waals surface area contributed by atoms with Crippen molar-refractivity contribution in [2.75, 3.05) is 7.05 Å². The Kier molecular flexibility index (Phi) is 5.33. The van der Waals surface area contributed by atoms with Gasteiger partial charge in [0.25, 0.3) is 0 Å². The molecule has 1 aliphatic rings. The summed E-state index contributed by atoms with van der Waals surface area (Å²) in [6.07, 6.45) is 2.68. The number of hydrogen-bond acceptors (Lipinski definition) is 3. The predicted molar refractivity (Wildman–Crippen MR) is 87.5 cm³/mol. The largest absolute Gasteiger partial charge is 0.316 e. The van der Waals surface area contributed by atoms with Crippen molar-refractivity contribution >= 4 is 21.4 Å². The molecule has 1 aromatic rings. The molecule has 118 valence electrons. The van der Waals surface area contributed by atoms with Gasteiger partial charge in [-0.25, -0.2) is 8.42 Å². The zero-order valence-corrected chi connectivity index (χ0v) is 14.4. The van der Waals surface area contributed by atoms with Crippen molar-refractivity contribution in [3.05, 3.63) is 29.3 Å². The molecule has 1 aromatic carbocycles. The van der Waals surface area contributed by atoms with Gasteiger partial charge in [-0.1, -0.05) is 37.6 Å². The summed E-state index contributed by atoms with van der Waals surface area (Å²) < 4.78 is 26.0. The van der Waals surface area contributed by atoms with Gasteiger partial charge in [-0.2, -0.15) is 0 Å². The maximum atomic E-state index is 13.0. The number of rotatable bonds is 4. The summed E-state index contributed by atoms with van der Waals surface area (Å²) in [7, 11) is -1.57. The van der Waals surface area contributed by atoms with E-state index in [2.05, 4.69) is 19.2 Å². The van der Waals surface area contributed by atoms with Crippen molar-refractivity contribution in [3.63, 3.8) is 0 Å². The Bertz CT molecular complexity index is 586. The van der Waals surface area contributed by atoms with E-state index >= 15 is 0 Å². The quantitative estimate of drug-likeness (QED) is 0.919. The van der Waals surface area contributed by atoms with Gasteiger partial charge < -0.3 is 5.32 Å². The fourth-order valence-corrected chi connectivity index (χ4v) is 5.88.